The van der Waals surface area contributed by atoms with Crippen molar-refractivity contribution < 1.29 is 183 Å². The van der Waals surface area contributed by atoms with Crippen molar-refractivity contribution >= 4 is 23.7 Å². The molecule has 0 unspecified atom stereocenters. The Bertz CT molecular complexity index is 2330. The summed E-state index contributed by atoms with van der Waals surface area (Å²) < 4.78 is 71.8. The summed E-state index contributed by atoms with van der Waals surface area (Å²) in [5.41, 5.74) is 0. The van der Waals surface area contributed by atoms with Crippen LogP contribution in [0.25, 0.3) is 0 Å². The van der Waals surface area contributed by atoms with Gasteiger partial charge in [0.1, 0.15) is 152 Å². The molecule has 0 aromatic rings. The maximum absolute atomic E-state index is 13.5. The van der Waals surface area contributed by atoms with Crippen LogP contribution in [0.2, 0.25) is 0 Å². The highest BCUT2D eigenvalue weighted by atomic mass is 16.8. The molecule has 6 fully saturated rings. The standard InChI is InChI=1S/C51H87N3O37/c1-13-27(66)35(74)37(76)47(81-13)88-41-26(54-17(5)62)46(86-39(18(7-55)52-15(3)60)31(70)21(65)12-80-51(50(78)79)6-19(63)29(68)42(91-51)30(69)20(64)8-56)85-24(11-59)40(41)87-49-44(90-48-38(77)36(75)28(67)14(2)82-48)43(33(72)23(10-58)84-49)89-45-25(53-16(4)61)34(73)32(71)22(9-57)83-45/h13-14,18-49,55-59,63-77H,6-12H2,1-5H3,(H,52,60)(H,53,61)(H,54,62)(H,78,79)/t13-,14-,18-,19-,20+,21+,22+,23+,24+,25+,26+,27+,28+,29+,30+,31-,32-,33-,34+,35+,36+,37-,38-,39+,40+,41+,42+,43-,44+,45-,46-,47-,48-,49-,51+/m0/s1. The van der Waals surface area contributed by atoms with E-state index in [0.29, 0.717) is 0 Å². The molecule has 0 spiro atoms. The molecule has 24 N–H and O–H groups in total. The summed E-state index contributed by atoms with van der Waals surface area (Å²) in [6.45, 7) is -1.94. The number of carbonyl (C=O) groups excluding carboxylic acids is 3. The van der Waals surface area contributed by atoms with Crippen LogP contribution >= 0.6 is 0 Å². The first kappa shape index (κ1) is 76.6. The van der Waals surface area contributed by atoms with E-state index < -0.39 is 284 Å². The highest BCUT2D eigenvalue weighted by Gasteiger charge is 2.60. The van der Waals surface area contributed by atoms with E-state index >= 15 is 0 Å². The molecule has 6 aliphatic heterocycles. The zero-order valence-corrected chi connectivity index (χ0v) is 49.5. The van der Waals surface area contributed by atoms with Crippen molar-refractivity contribution in [3.8, 4) is 0 Å². The van der Waals surface area contributed by atoms with Crippen molar-refractivity contribution in [2.75, 3.05) is 39.6 Å². The van der Waals surface area contributed by atoms with E-state index in [2.05, 4.69) is 16.0 Å². The third kappa shape index (κ3) is 17.4. The maximum atomic E-state index is 13.5. The molecule has 3 amide bonds. The van der Waals surface area contributed by atoms with Crippen LogP contribution in [0.3, 0.4) is 0 Å². The van der Waals surface area contributed by atoms with Gasteiger partial charge in [0.15, 0.2) is 31.5 Å². The lowest BCUT2D eigenvalue weighted by molar-refractivity contribution is -0.406. The minimum Gasteiger partial charge on any atom is -0.477 e. The molecular weight excluding hydrogens is 1250 g/mol. The van der Waals surface area contributed by atoms with Gasteiger partial charge in [0.05, 0.1) is 64.0 Å². The topological polar surface area (TPSA) is 640 Å². The molecular formula is C51H87N3O37. The van der Waals surface area contributed by atoms with Gasteiger partial charge >= 0.3 is 5.97 Å². The van der Waals surface area contributed by atoms with Gasteiger partial charge < -0.3 is 180 Å². The third-order valence-corrected chi connectivity index (χ3v) is 16.3. The van der Waals surface area contributed by atoms with Gasteiger partial charge in [-0.2, -0.15) is 0 Å². The normalized spacial score (nSPS) is 44.3. The fraction of sp³-hybridized carbons (Fsp3) is 0.922. The van der Waals surface area contributed by atoms with E-state index in [4.69, 9.17) is 56.8 Å². The maximum Gasteiger partial charge on any atom is 0.364 e. The molecule has 0 aliphatic carbocycles. The Labute approximate surface area is 516 Å². The fourth-order valence-electron chi connectivity index (χ4n) is 11.2. The van der Waals surface area contributed by atoms with E-state index in [1.165, 1.54) is 13.8 Å². The molecule has 0 bridgehead atoms. The predicted molar refractivity (Wildman–Crippen MR) is 283 cm³/mol. The number of aliphatic hydroxyl groups excluding tert-OH is 20. The van der Waals surface area contributed by atoms with E-state index in [-0.39, 0.29) is 0 Å². The van der Waals surface area contributed by atoms with E-state index in [0.717, 1.165) is 20.8 Å². The van der Waals surface area contributed by atoms with Crippen molar-refractivity contribution in [3.63, 3.8) is 0 Å². The average Bonchev–Trinajstić information content (AvgIpc) is 0.787. The highest BCUT2D eigenvalue weighted by molar-refractivity contribution is 5.76. The summed E-state index contributed by atoms with van der Waals surface area (Å²) >= 11 is 0. The molecule has 0 radical (unpaired) electrons. The number of amides is 3. The number of aliphatic hydroxyl groups is 20. The van der Waals surface area contributed by atoms with Crippen molar-refractivity contribution in [2.45, 2.75) is 255 Å². The Kier molecular flexibility index (Phi) is 27.8. The van der Waals surface area contributed by atoms with E-state index in [1.54, 1.807) is 0 Å². The smallest absolute Gasteiger partial charge is 0.364 e. The largest absolute Gasteiger partial charge is 0.477 e. The number of nitrogens with one attached hydrogen (secondary N) is 3. The lowest BCUT2D eigenvalue weighted by Gasteiger charge is -2.52. The Morgan fingerprint density at radius 1 is 0.505 bits per heavy atom. The second-order valence-electron chi connectivity index (χ2n) is 23.0. The summed E-state index contributed by atoms with van der Waals surface area (Å²) in [5, 5.41) is 235. The SMILES string of the molecule is CC(=O)N[C@H]1[C@H](O[C@H]2[C@@H](O)[C@@H](CO)O[C@@H](O[C@H]3[C@H](O[C@@H]4O[C@@H](C)[C@@H](O)[C@@H](O)[C@@H]4O)[C@@H](NC(C)=O)[C@H](O[C@@H]([C@@H](O)[C@H](O)CO[C@]4(C(=O)O)C[C@H](O)[C@@H](O)[C@H]([C@H](O)[C@H](O)CO)O4)[C@H](CO)NC(C)=O)O[C@@H]3CO)[C@@H]2O[C@@H]2O[C@@H](C)[C@@H](O)[C@@H](O)[C@@H]2O)O[C@H](CO)[C@H](O)[C@@H]1O. The van der Waals surface area contributed by atoms with Crippen molar-refractivity contribution in [1.29, 1.82) is 0 Å². The van der Waals surface area contributed by atoms with Gasteiger partial charge in [-0.05, 0) is 13.8 Å². The second kappa shape index (κ2) is 33.0. The molecule has 91 heavy (non-hydrogen) atoms. The molecule has 0 aromatic heterocycles. The third-order valence-electron chi connectivity index (χ3n) is 16.3. The van der Waals surface area contributed by atoms with Crippen LogP contribution in [0, 0.1) is 0 Å². The number of rotatable bonds is 27. The quantitative estimate of drug-likeness (QED) is 0.0363. The monoisotopic (exact) mass is 1330 g/mol. The molecule has 35 atom stereocenters. The predicted octanol–water partition coefficient (Wildman–Crippen LogP) is -14.9. The highest BCUT2D eigenvalue weighted by Crippen LogP contribution is 2.40. The minimum absolute atomic E-state index is 0.853. The lowest BCUT2D eigenvalue weighted by Crippen LogP contribution is -2.72. The molecule has 6 saturated heterocycles. The molecule has 0 saturated carbocycles. The number of hydrogen-bond acceptors (Lipinski definition) is 36. The molecule has 528 valence electrons. The van der Waals surface area contributed by atoms with Crippen LogP contribution in [0.15, 0.2) is 0 Å². The van der Waals surface area contributed by atoms with Crippen LogP contribution in [0.1, 0.15) is 41.0 Å². The van der Waals surface area contributed by atoms with Crippen LogP contribution in [0.4, 0.5) is 0 Å². The van der Waals surface area contributed by atoms with Crippen molar-refractivity contribution in [2.24, 2.45) is 0 Å². The minimum atomic E-state index is -3.14. The molecule has 6 heterocycles. The van der Waals surface area contributed by atoms with Crippen LogP contribution in [0.5, 0.6) is 0 Å². The van der Waals surface area contributed by atoms with Crippen molar-refractivity contribution in [3.05, 3.63) is 0 Å². The number of hydrogen-bond donors (Lipinski definition) is 24. The van der Waals surface area contributed by atoms with Crippen LogP contribution in [-0.2, 0) is 76.0 Å². The van der Waals surface area contributed by atoms with E-state index in [9.17, 15) is 126 Å². The molecule has 6 rings (SSSR count). The molecule has 6 aliphatic rings. The van der Waals surface area contributed by atoms with Gasteiger partial charge in [-0.1, -0.05) is 0 Å². The molecule has 40 heteroatoms. The van der Waals surface area contributed by atoms with Gasteiger partial charge in [0.2, 0.25) is 17.7 Å². The van der Waals surface area contributed by atoms with Crippen LogP contribution < -0.4 is 16.0 Å². The fourth-order valence-corrected chi connectivity index (χ4v) is 11.2. The summed E-state index contributed by atoms with van der Waals surface area (Å²) in [6, 6.07) is -5.76. The number of carboxylic acids is 1. The summed E-state index contributed by atoms with van der Waals surface area (Å²) in [7, 11) is 0. The number of carbonyl (C=O) groups is 4. The first-order valence-electron chi connectivity index (χ1n) is 28.9. The first-order chi connectivity index (χ1) is 42.7. The summed E-state index contributed by atoms with van der Waals surface area (Å²) in [4.78, 5) is 51.5. The second-order valence-corrected chi connectivity index (χ2v) is 23.0. The Morgan fingerprint density at radius 2 is 1.00 bits per heavy atom. The number of aliphatic carboxylic acids is 1. The number of ether oxygens (including phenoxy) is 12. The lowest BCUT2D eigenvalue weighted by atomic mass is 9.90. The van der Waals surface area contributed by atoms with Gasteiger partial charge in [-0.3, -0.25) is 14.4 Å². The summed E-state index contributed by atoms with van der Waals surface area (Å²) in [5.74, 6) is -8.06. The Hall–Kier alpha value is -3.40. The Balaban J connectivity index is 1.46. The Morgan fingerprint density at radius 3 is 1.51 bits per heavy atom. The van der Waals surface area contributed by atoms with E-state index in [1.807, 2.05) is 0 Å². The van der Waals surface area contributed by atoms with Gasteiger partial charge in [-0.25, -0.2) is 4.79 Å². The zero-order valence-electron chi connectivity index (χ0n) is 49.5. The first-order valence-corrected chi connectivity index (χ1v) is 28.9. The zero-order chi connectivity index (χ0) is 68.0. The average molecular weight is 1330 g/mol. The van der Waals surface area contributed by atoms with Crippen molar-refractivity contribution in [1.82, 2.24) is 16.0 Å². The van der Waals surface area contributed by atoms with Gasteiger partial charge in [0.25, 0.3) is 5.79 Å². The summed E-state index contributed by atoms with van der Waals surface area (Å²) in [6.07, 6.45) is -65.6. The molecule has 0 aromatic carbocycles. The van der Waals surface area contributed by atoms with Gasteiger partial charge in [0, 0.05) is 27.2 Å². The molecule has 40 nitrogen and oxygen atoms in total. The number of carboxylic acid groups (broad SMARTS) is 1. The van der Waals surface area contributed by atoms with Crippen LogP contribution in [-0.4, -0.2) is 385 Å². The van der Waals surface area contributed by atoms with Gasteiger partial charge in [-0.15, -0.1) is 0 Å².